The fraction of sp³-hybridized carbons (Fsp3) is 0.692. The molecule has 1 fully saturated rings. The Hall–Kier alpha value is -0.430. The molecular formula is C13H22N2O2S2. The summed E-state index contributed by atoms with van der Waals surface area (Å²) in [5, 5.41) is 3.32. The third kappa shape index (κ3) is 3.37. The number of sulfonamides is 1. The highest BCUT2D eigenvalue weighted by atomic mass is 32.2. The highest BCUT2D eigenvalue weighted by molar-refractivity contribution is 7.89. The fourth-order valence-electron chi connectivity index (χ4n) is 1.96. The Morgan fingerprint density at radius 3 is 2.63 bits per heavy atom. The van der Waals surface area contributed by atoms with Gasteiger partial charge in [-0.15, -0.1) is 11.3 Å². The molecule has 1 aromatic rings. The van der Waals surface area contributed by atoms with E-state index in [1.807, 2.05) is 13.0 Å². The van der Waals surface area contributed by atoms with Crippen LogP contribution in [0.1, 0.15) is 36.4 Å². The Morgan fingerprint density at radius 1 is 1.47 bits per heavy atom. The van der Waals surface area contributed by atoms with E-state index in [2.05, 4.69) is 19.2 Å². The number of nitrogens with zero attached hydrogens (tertiary/aromatic N) is 1. The van der Waals surface area contributed by atoms with Crippen molar-refractivity contribution in [3.05, 3.63) is 15.8 Å². The molecule has 0 aliphatic heterocycles. The van der Waals surface area contributed by atoms with Crippen LogP contribution in [0.15, 0.2) is 11.0 Å². The van der Waals surface area contributed by atoms with E-state index in [1.54, 1.807) is 18.4 Å². The Kier molecular flexibility index (Phi) is 4.35. The van der Waals surface area contributed by atoms with E-state index >= 15 is 0 Å². The molecule has 0 bridgehead atoms. The van der Waals surface area contributed by atoms with Crippen molar-refractivity contribution in [2.24, 2.45) is 0 Å². The van der Waals surface area contributed by atoms with Crippen molar-refractivity contribution < 1.29 is 8.42 Å². The molecule has 0 amide bonds. The zero-order valence-electron chi connectivity index (χ0n) is 11.9. The molecule has 1 saturated carbocycles. The minimum absolute atomic E-state index is 0.210. The topological polar surface area (TPSA) is 49.4 Å². The average Bonchev–Trinajstić information content (AvgIpc) is 3.09. The van der Waals surface area contributed by atoms with Crippen molar-refractivity contribution in [2.45, 2.75) is 57.1 Å². The average molecular weight is 302 g/mol. The summed E-state index contributed by atoms with van der Waals surface area (Å²) in [5.74, 6) is 0. The number of aryl methyl sites for hydroxylation is 1. The van der Waals surface area contributed by atoms with Crippen LogP contribution >= 0.6 is 11.3 Å². The lowest BCUT2D eigenvalue weighted by Crippen LogP contribution is -2.29. The van der Waals surface area contributed by atoms with Gasteiger partial charge in [-0.25, -0.2) is 8.42 Å². The van der Waals surface area contributed by atoms with Gasteiger partial charge in [0.05, 0.1) is 4.90 Å². The SMILES string of the molecule is Cc1sc(CNC(C)C)cc1S(=O)(=O)N(C)C1CC1. The van der Waals surface area contributed by atoms with Crippen LogP contribution < -0.4 is 5.32 Å². The highest BCUT2D eigenvalue weighted by Gasteiger charge is 2.36. The summed E-state index contributed by atoms with van der Waals surface area (Å²) >= 11 is 1.56. The van der Waals surface area contributed by atoms with E-state index in [0.717, 1.165) is 29.1 Å². The zero-order chi connectivity index (χ0) is 14.2. The highest BCUT2D eigenvalue weighted by Crippen LogP contribution is 2.34. The summed E-state index contributed by atoms with van der Waals surface area (Å²) in [6, 6.07) is 2.43. The smallest absolute Gasteiger partial charge is 0.244 e. The van der Waals surface area contributed by atoms with Crippen molar-refractivity contribution >= 4 is 21.4 Å². The lowest BCUT2D eigenvalue weighted by Gasteiger charge is -2.15. The molecule has 0 aromatic carbocycles. The first-order chi connectivity index (χ1) is 8.82. The molecule has 0 atom stereocenters. The van der Waals surface area contributed by atoms with Crippen LogP contribution in [0.2, 0.25) is 0 Å². The number of nitrogens with one attached hydrogen (secondary N) is 1. The lowest BCUT2D eigenvalue weighted by molar-refractivity contribution is 0.464. The summed E-state index contributed by atoms with van der Waals surface area (Å²) in [7, 11) is -1.62. The number of hydrogen-bond donors (Lipinski definition) is 1. The Labute approximate surface area is 119 Å². The first-order valence-corrected chi connectivity index (χ1v) is 8.88. The van der Waals surface area contributed by atoms with Gasteiger partial charge in [0.2, 0.25) is 10.0 Å². The van der Waals surface area contributed by atoms with Crippen molar-refractivity contribution in [3.63, 3.8) is 0 Å². The second-order valence-electron chi connectivity index (χ2n) is 5.42. The maximum absolute atomic E-state index is 12.5. The molecule has 1 heterocycles. The van der Waals surface area contributed by atoms with Crippen LogP contribution in [-0.4, -0.2) is 31.9 Å². The quantitative estimate of drug-likeness (QED) is 0.877. The van der Waals surface area contributed by atoms with Gasteiger partial charge in [-0.3, -0.25) is 0 Å². The fourth-order valence-corrected chi connectivity index (χ4v) is 4.93. The summed E-state index contributed by atoms with van der Waals surface area (Å²) in [6.45, 7) is 6.78. The van der Waals surface area contributed by atoms with Gasteiger partial charge in [0.25, 0.3) is 0 Å². The molecule has 2 rings (SSSR count). The van der Waals surface area contributed by atoms with Gasteiger partial charge < -0.3 is 5.32 Å². The Morgan fingerprint density at radius 2 is 2.11 bits per heavy atom. The van der Waals surface area contributed by atoms with Crippen molar-refractivity contribution in [1.29, 1.82) is 0 Å². The maximum Gasteiger partial charge on any atom is 0.244 e. The molecule has 6 heteroatoms. The van der Waals surface area contributed by atoms with Crippen LogP contribution in [0.4, 0.5) is 0 Å². The predicted molar refractivity (Wildman–Crippen MR) is 79.0 cm³/mol. The summed E-state index contributed by atoms with van der Waals surface area (Å²) < 4.78 is 26.5. The van der Waals surface area contributed by atoms with Crippen molar-refractivity contribution in [3.8, 4) is 0 Å². The minimum atomic E-state index is -3.31. The number of thiophene rings is 1. The normalized spacial score (nSPS) is 16.5. The standard InChI is InChI=1S/C13H22N2O2S2/c1-9(2)14-8-12-7-13(10(3)18-12)19(16,17)15(4)11-5-6-11/h7,9,11,14H,5-6,8H2,1-4H3. The van der Waals surface area contributed by atoms with Gasteiger partial charge in [0.15, 0.2) is 0 Å². The van der Waals surface area contributed by atoms with Crippen molar-refractivity contribution in [2.75, 3.05) is 7.05 Å². The van der Waals surface area contributed by atoms with E-state index in [0.29, 0.717) is 10.9 Å². The third-order valence-electron chi connectivity index (χ3n) is 3.33. The molecule has 1 aliphatic carbocycles. The third-order valence-corrected chi connectivity index (χ3v) is 6.54. The van der Waals surface area contributed by atoms with Crippen LogP contribution in [0.25, 0.3) is 0 Å². The van der Waals surface area contributed by atoms with Crippen LogP contribution in [-0.2, 0) is 16.6 Å². The summed E-state index contributed by atoms with van der Waals surface area (Å²) in [5.41, 5.74) is 0. The second kappa shape index (κ2) is 5.52. The monoisotopic (exact) mass is 302 g/mol. The van der Waals surface area contributed by atoms with Crippen molar-refractivity contribution in [1.82, 2.24) is 9.62 Å². The Balaban J connectivity index is 2.19. The molecular weight excluding hydrogens is 280 g/mol. The van der Waals surface area contributed by atoms with E-state index in [1.165, 1.54) is 4.31 Å². The first kappa shape index (κ1) is 15.0. The van der Waals surface area contributed by atoms with Crippen LogP contribution in [0.3, 0.4) is 0 Å². The molecule has 1 aliphatic rings. The van der Waals surface area contributed by atoms with E-state index < -0.39 is 10.0 Å². The molecule has 1 N–H and O–H groups in total. The molecule has 0 unspecified atom stereocenters. The Bertz CT molecular complexity index is 545. The molecule has 0 saturated heterocycles. The molecule has 4 nitrogen and oxygen atoms in total. The van der Waals surface area contributed by atoms with Gasteiger partial charge in [-0.05, 0) is 25.8 Å². The number of hydrogen-bond acceptors (Lipinski definition) is 4. The second-order valence-corrected chi connectivity index (χ2v) is 8.73. The molecule has 19 heavy (non-hydrogen) atoms. The van der Waals surface area contributed by atoms with Gasteiger partial charge in [0.1, 0.15) is 0 Å². The first-order valence-electron chi connectivity index (χ1n) is 6.63. The molecule has 0 spiro atoms. The van der Waals surface area contributed by atoms with E-state index in [-0.39, 0.29) is 6.04 Å². The molecule has 108 valence electrons. The summed E-state index contributed by atoms with van der Waals surface area (Å²) in [4.78, 5) is 2.44. The van der Waals surface area contributed by atoms with Gasteiger partial charge in [0, 0.05) is 35.4 Å². The van der Waals surface area contributed by atoms with Crippen LogP contribution in [0.5, 0.6) is 0 Å². The molecule has 1 aromatic heterocycles. The van der Waals surface area contributed by atoms with Gasteiger partial charge in [-0.1, -0.05) is 13.8 Å². The largest absolute Gasteiger partial charge is 0.310 e. The lowest BCUT2D eigenvalue weighted by atomic mass is 10.3. The van der Waals surface area contributed by atoms with E-state index in [9.17, 15) is 8.42 Å². The van der Waals surface area contributed by atoms with Gasteiger partial charge >= 0.3 is 0 Å². The zero-order valence-corrected chi connectivity index (χ0v) is 13.6. The van der Waals surface area contributed by atoms with E-state index in [4.69, 9.17) is 0 Å². The number of rotatable bonds is 6. The minimum Gasteiger partial charge on any atom is -0.310 e. The predicted octanol–water partition coefficient (Wildman–Crippen LogP) is 2.34. The van der Waals surface area contributed by atoms with Crippen LogP contribution in [0, 0.1) is 6.92 Å². The molecule has 0 radical (unpaired) electrons. The van der Waals surface area contributed by atoms with Gasteiger partial charge in [-0.2, -0.15) is 4.31 Å². The summed E-state index contributed by atoms with van der Waals surface area (Å²) in [6.07, 6.45) is 1.97. The maximum atomic E-state index is 12.5.